The van der Waals surface area contributed by atoms with Crippen molar-refractivity contribution in [2.24, 2.45) is 0 Å². The first-order valence-electron chi connectivity index (χ1n) is 10.0. The Hall–Kier alpha value is -2.66. The Labute approximate surface area is 158 Å². The average Bonchev–Trinajstić information content (AvgIpc) is 3.17. The third kappa shape index (κ3) is 2.42. The highest BCUT2D eigenvalue weighted by atomic mass is 15.2. The van der Waals surface area contributed by atoms with Crippen LogP contribution in [0.25, 0.3) is 27.8 Å². The minimum Gasteiger partial charge on any atom is -0.327 e. The zero-order valence-electron chi connectivity index (χ0n) is 15.4. The van der Waals surface area contributed by atoms with E-state index in [4.69, 9.17) is 4.98 Å². The zero-order chi connectivity index (χ0) is 17.8. The maximum atomic E-state index is 5.00. The molecule has 6 rings (SSSR count). The van der Waals surface area contributed by atoms with Crippen LogP contribution in [0, 0.1) is 0 Å². The van der Waals surface area contributed by atoms with Gasteiger partial charge >= 0.3 is 0 Å². The summed E-state index contributed by atoms with van der Waals surface area (Å²) in [5.41, 5.74) is 5.63. The van der Waals surface area contributed by atoms with Crippen LogP contribution in [-0.2, 0) is 13.0 Å². The van der Waals surface area contributed by atoms with Gasteiger partial charge in [-0.3, -0.25) is 9.47 Å². The number of hydrogen-bond acceptors (Lipinski definition) is 3. The molecule has 4 aromatic rings. The first kappa shape index (κ1) is 15.4. The van der Waals surface area contributed by atoms with Crippen molar-refractivity contribution in [1.82, 2.24) is 24.0 Å². The number of imidazole rings is 2. The number of rotatable bonds is 2. The van der Waals surface area contributed by atoms with Gasteiger partial charge in [-0.2, -0.15) is 0 Å². The number of benzene rings is 2. The monoisotopic (exact) mass is 357 g/mol. The van der Waals surface area contributed by atoms with Gasteiger partial charge in [0.15, 0.2) is 0 Å². The molecule has 0 radical (unpaired) electrons. The molecule has 2 aromatic heterocycles. The van der Waals surface area contributed by atoms with Crippen LogP contribution in [-0.4, -0.2) is 43.1 Å². The van der Waals surface area contributed by atoms with E-state index in [2.05, 4.69) is 55.4 Å². The Morgan fingerprint density at radius 1 is 0.889 bits per heavy atom. The largest absolute Gasteiger partial charge is 0.327 e. The van der Waals surface area contributed by atoms with Gasteiger partial charge in [-0.1, -0.05) is 18.6 Å². The fraction of sp³-hybridized carbons (Fsp3) is 0.364. The van der Waals surface area contributed by atoms with Gasteiger partial charge in [0.25, 0.3) is 0 Å². The van der Waals surface area contributed by atoms with E-state index >= 15 is 0 Å². The summed E-state index contributed by atoms with van der Waals surface area (Å²) in [5, 5.41) is 0. The second-order valence-electron chi connectivity index (χ2n) is 7.83. The minimum absolute atomic E-state index is 0.821. The van der Waals surface area contributed by atoms with Gasteiger partial charge in [0.2, 0.25) is 0 Å². The van der Waals surface area contributed by atoms with E-state index in [-0.39, 0.29) is 0 Å². The summed E-state index contributed by atoms with van der Waals surface area (Å²) in [6.45, 7) is 3.35. The number of fused-ring (bicyclic) bond motifs is 4. The fourth-order valence-corrected chi connectivity index (χ4v) is 4.62. The van der Waals surface area contributed by atoms with Crippen molar-refractivity contribution in [3.8, 4) is 5.69 Å². The summed E-state index contributed by atoms with van der Waals surface area (Å²) < 4.78 is 4.58. The maximum absolute atomic E-state index is 5.00. The van der Waals surface area contributed by atoms with Crippen LogP contribution >= 0.6 is 0 Å². The van der Waals surface area contributed by atoms with E-state index in [1.54, 1.807) is 0 Å². The molecule has 1 fully saturated rings. The van der Waals surface area contributed by atoms with E-state index in [1.165, 1.54) is 30.6 Å². The van der Waals surface area contributed by atoms with Gasteiger partial charge in [0.1, 0.15) is 12.2 Å². The Kier molecular flexibility index (Phi) is 3.38. The summed E-state index contributed by atoms with van der Waals surface area (Å²) in [6, 6.07) is 15.7. The molecular weight excluding hydrogens is 334 g/mol. The van der Waals surface area contributed by atoms with Crippen molar-refractivity contribution in [3.05, 3.63) is 54.6 Å². The van der Waals surface area contributed by atoms with Gasteiger partial charge in [0, 0.05) is 37.8 Å². The molecule has 3 heterocycles. The van der Waals surface area contributed by atoms with Crippen LogP contribution in [0.4, 0.5) is 0 Å². The normalized spacial score (nSPS) is 18.5. The molecule has 0 N–H and O–H groups in total. The molecule has 2 aromatic carbocycles. The van der Waals surface area contributed by atoms with Gasteiger partial charge in [-0.25, -0.2) is 9.97 Å². The lowest BCUT2D eigenvalue weighted by Crippen LogP contribution is -2.41. The predicted molar refractivity (Wildman–Crippen MR) is 107 cm³/mol. The van der Waals surface area contributed by atoms with Crippen molar-refractivity contribution in [1.29, 1.82) is 0 Å². The summed E-state index contributed by atoms with van der Waals surface area (Å²) in [4.78, 5) is 12.2. The molecule has 0 saturated heterocycles. The van der Waals surface area contributed by atoms with Crippen molar-refractivity contribution in [3.63, 3.8) is 0 Å². The van der Waals surface area contributed by atoms with Gasteiger partial charge in [0.05, 0.1) is 22.1 Å². The molecule has 27 heavy (non-hydrogen) atoms. The second kappa shape index (κ2) is 5.92. The molecule has 136 valence electrons. The van der Waals surface area contributed by atoms with Gasteiger partial charge in [-0.15, -0.1) is 0 Å². The summed E-state index contributed by atoms with van der Waals surface area (Å²) in [7, 11) is 0. The van der Waals surface area contributed by atoms with Crippen LogP contribution in [0.1, 0.15) is 25.1 Å². The quantitative estimate of drug-likeness (QED) is 0.548. The highest BCUT2D eigenvalue weighted by molar-refractivity contribution is 5.81. The van der Waals surface area contributed by atoms with E-state index in [0.29, 0.717) is 0 Å². The molecular formula is C22H23N5. The van der Waals surface area contributed by atoms with E-state index in [0.717, 1.165) is 54.3 Å². The van der Waals surface area contributed by atoms with Crippen LogP contribution < -0.4 is 0 Å². The smallest absolute Gasteiger partial charge is 0.111 e. The highest BCUT2D eigenvalue weighted by Gasteiger charge is 2.27. The Morgan fingerprint density at radius 3 is 2.70 bits per heavy atom. The molecule has 2 aliphatic rings. The van der Waals surface area contributed by atoms with Crippen LogP contribution in [0.15, 0.2) is 48.8 Å². The lowest BCUT2D eigenvalue weighted by molar-refractivity contribution is 0.130. The summed E-state index contributed by atoms with van der Waals surface area (Å²) >= 11 is 0. The standard InChI is InChI=1S/C22H23N5/c1-2-7-20-18(6-1)23-15-27(20)17-8-9-21-19(14-17)24-22-10-11-25(12-13-26(21)22)16-4-3-5-16/h1-2,6-9,14-16H,3-5,10-13H2. The molecule has 0 unspecified atom stereocenters. The van der Waals surface area contributed by atoms with Crippen LogP contribution in [0.3, 0.4) is 0 Å². The molecule has 1 aliphatic carbocycles. The number of hydrogen-bond donors (Lipinski definition) is 0. The van der Waals surface area contributed by atoms with Crippen molar-refractivity contribution in [2.45, 2.75) is 38.3 Å². The zero-order valence-corrected chi connectivity index (χ0v) is 15.4. The van der Waals surface area contributed by atoms with Crippen molar-refractivity contribution in [2.75, 3.05) is 13.1 Å². The van der Waals surface area contributed by atoms with Crippen LogP contribution in [0.2, 0.25) is 0 Å². The molecule has 0 atom stereocenters. The van der Waals surface area contributed by atoms with Crippen molar-refractivity contribution < 1.29 is 0 Å². The number of para-hydroxylation sites is 2. The minimum atomic E-state index is 0.821. The molecule has 5 heteroatoms. The maximum Gasteiger partial charge on any atom is 0.111 e. The Bertz CT molecular complexity index is 1130. The lowest BCUT2D eigenvalue weighted by atomic mass is 9.91. The molecule has 0 amide bonds. The summed E-state index contributed by atoms with van der Waals surface area (Å²) in [5.74, 6) is 1.24. The van der Waals surface area contributed by atoms with Gasteiger partial charge in [-0.05, 0) is 43.2 Å². The van der Waals surface area contributed by atoms with E-state index in [1.807, 2.05) is 12.4 Å². The average molecular weight is 357 g/mol. The Morgan fingerprint density at radius 2 is 1.81 bits per heavy atom. The fourth-order valence-electron chi connectivity index (χ4n) is 4.62. The van der Waals surface area contributed by atoms with E-state index < -0.39 is 0 Å². The summed E-state index contributed by atoms with van der Waals surface area (Å²) in [6.07, 6.45) is 7.12. The second-order valence-corrected chi connectivity index (χ2v) is 7.83. The first-order chi connectivity index (χ1) is 13.4. The van der Waals surface area contributed by atoms with E-state index in [9.17, 15) is 0 Å². The third-order valence-corrected chi connectivity index (χ3v) is 6.37. The number of nitrogens with zero attached hydrogens (tertiary/aromatic N) is 5. The Balaban J connectivity index is 1.37. The molecule has 1 saturated carbocycles. The molecule has 5 nitrogen and oxygen atoms in total. The predicted octanol–water partition coefficient (Wildman–Crippen LogP) is 3.79. The lowest BCUT2D eigenvalue weighted by Gasteiger charge is -2.36. The first-order valence-corrected chi connectivity index (χ1v) is 10.0. The molecule has 0 spiro atoms. The molecule has 0 bridgehead atoms. The van der Waals surface area contributed by atoms with Gasteiger partial charge < -0.3 is 4.57 Å². The van der Waals surface area contributed by atoms with Crippen molar-refractivity contribution >= 4 is 22.1 Å². The number of aromatic nitrogens is 4. The third-order valence-electron chi connectivity index (χ3n) is 6.37. The van der Waals surface area contributed by atoms with Crippen LogP contribution in [0.5, 0.6) is 0 Å². The topological polar surface area (TPSA) is 38.9 Å². The molecule has 1 aliphatic heterocycles. The SMILES string of the molecule is c1ccc2c(c1)ncn2-c1ccc2c(c1)nc1n2CCN(C2CCC2)CC1. The highest BCUT2D eigenvalue weighted by Crippen LogP contribution is 2.28.